The van der Waals surface area contributed by atoms with E-state index in [9.17, 15) is 38.4 Å². The van der Waals surface area contributed by atoms with E-state index in [1.165, 1.54) is 86.8 Å². The fourth-order valence-electron chi connectivity index (χ4n) is 6.21. The minimum Gasteiger partial charge on any atom is -0.466 e. The summed E-state index contributed by atoms with van der Waals surface area (Å²) in [6.07, 6.45) is -0.599. The molecule has 69 heavy (non-hydrogen) atoms. The number of Topliss-reactive ketones (excluding diaryl/α,β-unsaturated/α-hetero) is 1. The molecule has 21 nitrogen and oxygen atoms in total. The van der Waals surface area contributed by atoms with Gasteiger partial charge in [-0.2, -0.15) is 0 Å². The predicted octanol–water partition coefficient (Wildman–Crippen LogP) is 3.12. The minimum absolute atomic E-state index is 0.00466. The number of esters is 7. The number of methoxy groups -OCH3 is 1. The Labute approximate surface area is 399 Å². The summed E-state index contributed by atoms with van der Waals surface area (Å²) in [6.45, 7) is 0.586. The van der Waals surface area contributed by atoms with Gasteiger partial charge in [0, 0.05) is 30.5 Å². The summed E-state index contributed by atoms with van der Waals surface area (Å²) in [6, 6.07) is 16.1. The Bertz CT molecular complexity index is 2160. The molecular formula is C46H58O21Si2. The molecule has 0 saturated heterocycles. The van der Waals surface area contributed by atoms with Gasteiger partial charge in [-0.3, -0.25) is 14.4 Å². The second kappa shape index (κ2) is 29.0. The van der Waals surface area contributed by atoms with Crippen molar-refractivity contribution in [2.45, 2.75) is 82.9 Å². The van der Waals surface area contributed by atoms with Gasteiger partial charge in [-0.25, -0.2) is 24.0 Å². The van der Waals surface area contributed by atoms with Crippen LogP contribution in [0.5, 0.6) is 0 Å². The molecule has 0 saturated carbocycles. The SMILES string of the molecule is COC(=O)c1ccc(C(=O)OCCCC(CCC(=O)OCCC[Si](O)(O)O)OC(=O)c2ccc(C(=O)OCC(CCOC(=O)c3ccc(C(C)=O)cc3)CCC(=O)OCCC[Si](O)(O)O)cc2)cc1. The zero-order valence-corrected chi connectivity index (χ0v) is 40.2. The number of benzene rings is 3. The maximum absolute atomic E-state index is 13.3. The minimum atomic E-state index is -4.31. The van der Waals surface area contributed by atoms with Crippen molar-refractivity contribution in [2.75, 3.05) is 40.1 Å². The summed E-state index contributed by atoms with van der Waals surface area (Å²) in [5.41, 5.74) is 1.11. The average molecular weight is 1000 g/mol. The second-order valence-corrected chi connectivity index (χ2v) is 19.8. The van der Waals surface area contributed by atoms with Crippen molar-refractivity contribution in [1.82, 2.24) is 0 Å². The molecule has 0 amide bonds. The van der Waals surface area contributed by atoms with Gasteiger partial charge in [0.05, 0.1) is 68.0 Å². The molecule has 3 aromatic carbocycles. The van der Waals surface area contributed by atoms with Gasteiger partial charge in [0.25, 0.3) is 0 Å². The van der Waals surface area contributed by atoms with Crippen LogP contribution in [0.1, 0.15) is 127 Å². The predicted molar refractivity (Wildman–Crippen MR) is 242 cm³/mol. The van der Waals surface area contributed by atoms with Crippen molar-refractivity contribution in [3.63, 3.8) is 0 Å². The molecule has 0 aliphatic rings. The average Bonchev–Trinajstić information content (AvgIpc) is 3.31. The van der Waals surface area contributed by atoms with Crippen molar-refractivity contribution in [3.05, 3.63) is 106 Å². The Balaban J connectivity index is 1.60. The molecule has 2 atom stereocenters. The van der Waals surface area contributed by atoms with Crippen LogP contribution in [0, 0.1) is 5.92 Å². The number of hydrogen-bond acceptors (Lipinski definition) is 21. The second-order valence-electron chi connectivity index (χ2n) is 15.7. The molecule has 0 aromatic heterocycles. The first-order valence-electron chi connectivity index (χ1n) is 21.9. The fraction of sp³-hybridized carbons (Fsp3) is 0.435. The maximum atomic E-state index is 13.3. The molecular weight excluding hydrogens is 945 g/mol. The molecule has 0 spiro atoms. The topological polar surface area (TPSA) is 323 Å². The molecule has 0 fully saturated rings. The van der Waals surface area contributed by atoms with E-state index in [1.54, 1.807) is 0 Å². The fourth-order valence-corrected chi connectivity index (χ4v) is 7.45. The van der Waals surface area contributed by atoms with Crippen LogP contribution in [0.3, 0.4) is 0 Å². The summed E-state index contributed by atoms with van der Waals surface area (Å²) in [5, 5.41) is 0. The van der Waals surface area contributed by atoms with Crippen molar-refractivity contribution < 1.29 is 100 Å². The molecule has 23 heteroatoms. The Morgan fingerprint density at radius 3 is 1.29 bits per heavy atom. The Kier molecular flexibility index (Phi) is 24.0. The van der Waals surface area contributed by atoms with Crippen LogP contribution in [-0.4, -0.2) is 140 Å². The van der Waals surface area contributed by atoms with Crippen molar-refractivity contribution in [3.8, 4) is 0 Å². The summed E-state index contributed by atoms with van der Waals surface area (Å²) in [4.78, 5) is 155. The highest BCUT2D eigenvalue weighted by atomic mass is 28.4. The lowest BCUT2D eigenvalue weighted by atomic mass is 10.0. The Hall–Kier alpha value is -6.19. The van der Waals surface area contributed by atoms with Gasteiger partial charge in [-0.15, -0.1) is 0 Å². The van der Waals surface area contributed by atoms with E-state index >= 15 is 0 Å². The first-order valence-corrected chi connectivity index (χ1v) is 26.0. The monoisotopic (exact) mass is 1000 g/mol. The van der Waals surface area contributed by atoms with E-state index in [2.05, 4.69) is 4.74 Å². The molecule has 0 radical (unpaired) electrons. The lowest BCUT2D eigenvalue weighted by Crippen LogP contribution is -2.34. The summed E-state index contributed by atoms with van der Waals surface area (Å²) < 4.78 is 36.8. The summed E-state index contributed by atoms with van der Waals surface area (Å²) >= 11 is 0. The lowest BCUT2D eigenvalue weighted by Gasteiger charge is -2.18. The smallest absolute Gasteiger partial charge is 0.466 e. The van der Waals surface area contributed by atoms with Gasteiger partial charge in [0.1, 0.15) is 6.10 Å². The first kappa shape index (κ1) is 57.1. The maximum Gasteiger partial charge on any atom is 0.492 e. The van der Waals surface area contributed by atoms with Crippen LogP contribution >= 0.6 is 0 Å². The number of hydrogen-bond donors (Lipinski definition) is 6. The van der Waals surface area contributed by atoms with E-state index in [-0.39, 0.29) is 137 Å². The molecule has 0 aliphatic carbocycles. The van der Waals surface area contributed by atoms with Gasteiger partial charge in [0.2, 0.25) is 0 Å². The zero-order valence-electron chi connectivity index (χ0n) is 38.2. The molecule has 0 bridgehead atoms. The van der Waals surface area contributed by atoms with Gasteiger partial charge >= 0.3 is 59.4 Å². The van der Waals surface area contributed by atoms with Crippen molar-refractivity contribution in [1.29, 1.82) is 0 Å². The quantitative estimate of drug-likeness (QED) is 0.0184. The first-order chi connectivity index (χ1) is 32.6. The van der Waals surface area contributed by atoms with Crippen LogP contribution in [0.25, 0.3) is 0 Å². The highest BCUT2D eigenvalue weighted by Gasteiger charge is 2.27. The number of carbonyl (C=O) groups is 8. The highest BCUT2D eigenvalue weighted by molar-refractivity contribution is 6.56. The molecule has 376 valence electrons. The van der Waals surface area contributed by atoms with Gasteiger partial charge in [0.15, 0.2) is 5.78 Å². The van der Waals surface area contributed by atoms with E-state index in [0.29, 0.717) is 5.56 Å². The standard InChI is InChI=1S/C46H58O21Si2/c1-31(47)33-8-10-35(11-9-33)44(52)65-27-23-32(7-21-40(48)62-25-4-28-68(55,56)57)30-66-45(53)37-16-18-38(19-17-37)46(54)67-39(20-22-41(49)63-26-5-29-69(58,59)60)6-3-24-64-43(51)36-14-12-34(13-15-36)42(50)61-2/h8-19,32,39,55-60H,3-7,20-30H2,1-2H3. The van der Waals surface area contributed by atoms with E-state index < -0.39 is 71.4 Å². The molecule has 6 N–H and O–H groups in total. The summed E-state index contributed by atoms with van der Waals surface area (Å²) in [7, 11) is -7.37. The molecule has 3 aromatic rings. The van der Waals surface area contributed by atoms with Crippen LogP contribution in [0.4, 0.5) is 0 Å². The van der Waals surface area contributed by atoms with Crippen LogP contribution < -0.4 is 0 Å². The largest absolute Gasteiger partial charge is 0.492 e. The highest BCUT2D eigenvalue weighted by Crippen LogP contribution is 2.19. The number of ketones is 1. The van der Waals surface area contributed by atoms with E-state index in [4.69, 9.17) is 57.2 Å². The lowest BCUT2D eigenvalue weighted by molar-refractivity contribution is -0.145. The molecule has 0 aliphatic heterocycles. The third-order valence-corrected chi connectivity index (χ3v) is 12.1. The third kappa shape index (κ3) is 23.1. The van der Waals surface area contributed by atoms with Crippen molar-refractivity contribution >= 4 is 65.2 Å². The van der Waals surface area contributed by atoms with Gasteiger partial charge in [-0.05, 0) is 118 Å². The van der Waals surface area contributed by atoms with Crippen molar-refractivity contribution in [2.24, 2.45) is 5.92 Å². The van der Waals surface area contributed by atoms with E-state index in [1.807, 2.05) is 0 Å². The van der Waals surface area contributed by atoms with Gasteiger partial charge < -0.3 is 61.9 Å². The van der Waals surface area contributed by atoms with Crippen LogP contribution in [0.15, 0.2) is 72.8 Å². The third-order valence-electron chi connectivity index (χ3n) is 10.1. The zero-order chi connectivity index (χ0) is 51.0. The number of ether oxygens (including phenoxy) is 7. The van der Waals surface area contributed by atoms with Gasteiger partial charge in [-0.1, -0.05) is 12.1 Å². The van der Waals surface area contributed by atoms with Crippen LogP contribution in [-0.2, 0) is 42.7 Å². The molecule has 0 heterocycles. The number of rotatable bonds is 30. The molecule has 2 unspecified atom stereocenters. The molecule has 3 rings (SSSR count). The Morgan fingerprint density at radius 1 is 0.449 bits per heavy atom. The number of carbonyl (C=O) groups excluding carboxylic acids is 8. The Morgan fingerprint density at radius 2 is 0.841 bits per heavy atom. The summed E-state index contributed by atoms with van der Waals surface area (Å²) in [5.74, 6) is -5.53. The van der Waals surface area contributed by atoms with Crippen LogP contribution in [0.2, 0.25) is 12.1 Å². The normalized spacial score (nSPS) is 12.2. The van der Waals surface area contributed by atoms with E-state index in [0.717, 1.165) is 0 Å².